The summed E-state index contributed by atoms with van der Waals surface area (Å²) in [5, 5.41) is 19.7. The van der Waals surface area contributed by atoms with Crippen molar-refractivity contribution in [2.75, 3.05) is 0 Å². The molecule has 0 aromatic carbocycles. The molecular weight excluding hydrogens is 214 g/mol. The molecule has 1 atom stereocenters. The van der Waals surface area contributed by atoms with E-state index in [0.717, 1.165) is 12.8 Å². The Morgan fingerprint density at radius 1 is 1.75 bits per heavy atom. The summed E-state index contributed by atoms with van der Waals surface area (Å²) in [6.07, 6.45) is 4.04. The third-order valence-electron chi connectivity index (χ3n) is 3.10. The predicted octanol–water partition coefficient (Wildman–Crippen LogP) is 1.00. The first-order valence-electron chi connectivity index (χ1n) is 4.88. The molecule has 1 aromatic rings. The first-order chi connectivity index (χ1) is 7.46. The summed E-state index contributed by atoms with van der Waals surface area (Å²) in [5.41, 5.74) is -1.12. The van der Waals surface area contributed by atoms with Gasteiger partial charge >= 0.3 is 11.8 Å². The second kappa shape index (κ2) is 3.29. The Kier molecular flexibility index (Phi) is 2.18. The number of aliphatic carboxylic acids is 1. The molecule has 86 valence electrons. The summed E-state index contributed by atoms with van der Waals surface area (Å²) in [7, 11) is 0. The molecule has 0 bridgehead atoms. The lowest BCUT2D eigenvalue weighted by molar-refractivity contribution is -0.389. The van der Waals surface area contributed by atoms with Crippen molar-refractivity contribution in [3.8, 4) is 0 Å². The van der Waals surface area contributed by atoms with Crippen LogP contribution in [-0.4, -0.2) is 25.6 Å². The molecule has 1 N–H and O–H groups in total. The minimum absolute atomic E-state index is 0.0267. The van der Waals surface area contributed by atoms with Gasteiger partial charge in [-0.15, -0.1) is 0 Å². The average Bonchev–Trinajstić information content (AvgIpc) is 2.93. The molecular formula is C9H11N3O4. The normalized spacial score (nSPS) is 19.1. The Labute approximate surface area is 90.9 Å². The molecule has 0 amide bonds. The lowest BCUT2D eigenvalue weighted by atomic mass is 9.96. The van der Waals surface area contributed by atoms with Crippen molar-refractivity contribution in [2.45, 2.75) is 25.3 Å². The Hall–Kier alpha value is -1.92. The van der Waals surface area contributed by atoms with Crippen LogP contribution in [0.2, 0.25) is 0 Å². The van der Waals surface area contributed by atoms with E-state index in [1.807, 2.05) is 0 Å². The van der Waals surface area contributed by atoms with Crippen molar-refractivity contribution in [2.24, 2.45) is 5.92 Å². The molecule has 1 unspecified atom stereocenters. The number of rotatable bonds is 4. The molecule has 0 aliphatic heterocycles. The Bertz CT molecular complexity index is 451. The first-order valence-corrected chi connectivity index (χ1v) is 4.88. The summed E-state index contributed by atoms with van der Waals surface area (Å²) < 4.78 is 1.32. The molecule has 7 heteroatoms. The van der Waals surface area contributed by atoms with Gasteiger partial charge in [0.1, 0.15) is 11.7 Å². The molecule has 1 aromatic heterocycles. The van der Waals surface area contributed by atoms with Crippen molar-refractivity contribution < 1.29 is 14.8 Å². The Balaban J connectivity index is 2.39. The monoisotopic (exact) mass is 225 g/mol. The number of nitrogens with zero attached hydrogens (tertiary/aromatic N) is 3. The number of imidazole rings is 1. The second-order valence-electron chi connectivity index (χ2n) is 4.12. The molecule has 0 spiro atoms. The molecule has 0 radical (unpaired) electrons. The van der Waals surface area contributed by atoms with E-state index in [0.29, 0.717) is 0 Å². The van der Waals surface area contributed by atoms with Crippen LogP contribution in [0.5, 0.6) is 0 Å². The molecule has 0 saturated heterocycles. The highest BCUT2D eigenvalue weighted by Gasteiger charge is 2.49. The topological polar surface area (TPSA) is 98.3 Å². The Morgan fingerprint density at radius 2 is 2.38 bits per heavy atom. The van der Waals surface area contributed by atoms with Gasteiger partial charge in [-0.3, -0.25) is 4.57 Å². The molecule has 1 fully saturated rings. The maximum absolute atomic E-state index is 11.3. The summed E-state index contributed by atoms with van der Waals surface area (Å²) in [6.45, 7) is 1.57. The fourth-order valence-corrected chi connectivity index (χ4v) is 1.80. The zero-order chi connectivity index (χ0) is 11.9. The highest BCUT2D eigenvalue weighted by molar-refractivity contribution is 5.77. The summed E-state index contributed by atoms with van der Waals surface area (Å²) in [6, 6.07) is 0. The van der Waals surface area contributed by atoms with Crippen LogP contribution in [0.4, 0.5) is 5.82 Å². The number of carbonyl (C=O) groups is 1. The van der Waals surface area contributed by atoms with Crippen LogP contribution in [0.3, 0.4) is 0 Å². The minimum Gasteiger partial charge on any atom is -0.479 e. The van der Waals surface area contributed by atoms with Crippen LogP contribution in [0.25, 0.3) is 0 Å². The molecule has 1 heterocycles. The average molecular weight is 225 g/mol. The molecule has 1 aliphatic carbocycles. The zero-order valence-corrected chi connectivity index (χ0v) is 8.66. The molecule has 2 rings (SSSR count). The quantitative estimate of drug-likeness (QED) is 0.608. The summed E-state index contributed by atoms with van der Waals surface area (Å²) in [4.78, 5) is 24.7. The van der Waals surface area contributed by atoms with E-state index in [1.165, 1.54) is 17.1 Å². The SMILES string of the molecule is CC(C(=O)O)(C1CC1)n1cnc([N+](=O)[O-])c1. The third kappa shape index (κ3) is 1.44. The maximum Gasteiger partial charge on any atom is 0.381 e. The van der Waals surface area contributed by atoms with Crippen molar-refractivity contribution >= 4 is 11.8 Å². The van der Waals surface area contributed by atoms with Crippen LogP contribution in [0, 0.1) is 16.0 Å². The van der Waals surface area contributed by atoms with Gasteiger partial charge in [0.2, 0.25) is 6.33 Å². The smallest absolute Gasteiger partial charge is 0.381 e. The Morgan fingerprint density at radius 3 is 2.75 bits per heavy atom. The highest BCUT2D eigenvalue weighted by atomic mass is 16.6. The van der Waals surface area contributed by atoms with Crippen LogP contribution in [0.15, 0.2) is 12.5 Å². The second-order valence-corrected chi connectivity index (χ2v) is 4.12. The number of carboxylic acid groups (broad SMARTS) is 1. The summed E-state index contributed by atoms with van der Waals surface area (Å²) >= 11 is 0. The third-order valence-corrected chi connectivity index (χ3v) is 3.10. The maximum atomic E-state index is 11.3. The van der Waals surface area contributed by atoms with Crippen LogP contribution in [0.1, 0.15) is 19.8 Å². The molecule has 16 heavy (non-hydrogen) atoms. The van der Waals surface area contributed by atoms with Gasteiger partial charge in [0, 0.05) is 0 Å². The zero-order valence-electron chi connectivity index (χ0n) is 8.66. The number of hydrogen-bond acceptors (Lipinski definition) is 4. The summed E-state index contributed by atoms with van der Waals surface area (Å²) in [5.74, 6) is -1.28. The van der Waals surface area contributed by atoms with E-state index < -0.39 is 16.4 Å². The van der Waals surface area contributed by atoms with Gasteiger partial charge in [0.05, 0.1) is 0 Å². The van der Waals surface area contributed by atoms with Gasteiger partial charge in [0.15, 0.2) is 0 Å². The van der Waals surface area contributed by atoms with Gasteiger partial charge < -0.3 is 15.2 Å². The number of hydrogen-bond donors (Lipinski definition) is 1. The van der Waals surface area contributed by atoms with Crippen molar-refractivity contribution in [3.63, 3.8) is 0 Å². The van der Waals surface area contributed by atoms with E-state index >= 15 is 0 Å². The number of carboxylic acids is 1. The van der Waals surface area contributed by atoms with Gasteiger partial charge in [-0.25, -0.2) is 4.79 Å². The number of nitro groups is 1. The fraction of sp³-hybridized carbons (Fsp3) is 0.556. The van der Waals surface area contributed by atoms with Crippen LogP contribution >= 0.6 is 0 Å². The first kappa shape index (κ1) is 10.6. The van der Waals surface area contributed by atoms with Crippen molar-refractivity contribution in [1.82, 2.24) is 9.55 Å². The van der Waals surface area contributed by atoms with E-state index in [9.17, 15) is 20.0 Å². The van der Waals surface area contributed by atoms with Crippen LogP contribution in [-0.2, 0) is 10.3 Å². The fourth-order valence-electron chi connectivity index (χ4n) is 1.80. The minimum atomic E-state index is -1.12. The lowest BCUT2D eigenvalue weighted by Gasteiger charge is -2.24. The van der Waals surface area contributed by atoms with E-state index in [1.54, 1.807) is 6.92 Å². The van der Waals surface area contributed by atoms with Gasteiger partial charge in [-0.2, -0.15) is 0 Å². The molecule has 1 saturated carbocycles. The predicted molar refractivity (Wildman–Crippen MR) is 52.9 cm³/mol. The van der Waals surface area contributed by atoms with Gasteiger partial charge in [-0.1, -0.05) is 0 Å². The standard InChI is InChI=1S/C9H11N3O4/c1-9(8(13)14,6-2-3-6)11-4-7(10-5-11)12(15)16/h4-6H,2-3H2,1H3,(H,13,14). The van der Waals surface area contributed by atoms with E-state index in [-0.39, 0.29) is 11.7 Å². The lowest BCUT2D eigenvalue weighted by Crippen LogP contribution is -2.40. The van der Waals surface area contributed by atoms with Crippen molar-refractivity contribution in [1.29, 1.82) is 0 Å². The molecule has 1 aliphatic rings. The van der Waals surface area contributed by atoms with E-state index in [4.69, 9.17) is 0 Å². The number of aromatic nitrogens is 2. The molecule has 7 nitrogen and oxygen atoms in total. The van der Waals surface area contributed by atoms with Gasteiger partial charge in [-0.05, 0) is 35.6 Å². The highest BCUT2D eigenvalue weighted by Crippen LogP contribution is 2.44. The largest absolute Gasteiger partial charge is 0.479 e. The van der Waals surface area contributed by atoms with Gasteiger partial charge in [0.25, 0.3) is 0 Å². The van der Waals surface area contributed by atoms with E-state index in [2.05, 4.69) is 4.98 Å². The van der Waals surface area contributed by atoms with Crippen LogP contribution < -0.4 is 0 Å². The van der Waals surface area contributed by atoms with Crippen molar-refractivity contribution in [3.05, 3.63) is 22.6 Å².